The molecular formula is C17H21F3N6O4. The van der Waals surface area contributed by atoms with Gasteiger partial charge in [-0.15, -0.1) is 0 Å². The molecule has 0 aliphatic rings. The predicted octanol–water partition coefficient (Wildman–Crippen LogP) is 1.50. The first-order valence-corrected chi connectivity index (χ1v) is 8.82. The number of aromatic nitrogens is 3. The maximum absolute atomic E-state index is 12.9. The van der Waals surface area contributed by atoms with Crippen LogP contribution in [-0.2, 0) is 23.1 Å². The van der Waals surface area contributed by atoms with Crippen LogP contribution in [0.3, 0.4) is 0 Å². The van der Waals surface area contributed by atoms with Crippen molar-refractivity contribution >= 4 is 29.3 Å². The standard InChI is InChI=1S/C17H21F3N6O4/c1-3-30-16(29)11-6-10(7-25(11)2)22-15(28)14-24-12(23-13(27)4-5-21)8-26(14)9-17(18,19)20/h6-8H,3-5,9,21H2,1-2H3,(H,22,28)(H,23,27). The van der Waals surface area contributed by atoms with Crippen LogP contribution in [0.5, 0.6) is 0 Å². The molecule has 2 heterocycles. The molecule has 10 nitrogen and oxygen atoms in total. The zero-order valence-electron chi connectivity index (χ0n) is 16.2. The van der Waals surface area contributed by atoms with Crippen LogP contribution in [0.2, 0.25) is 0 Å². The second kappa shape index (κ2) is 9.43. The zero-order valence-corrected chi connectivity index (χ0v) is 16.2. The minimum atomic E-state index is -4.63. The van der Waals surface area contributed by atoms with Gasteiger partial charge in [0.1, 0.15) is 12.2 Å². The van der Waals surface area contributed by atoms with Crippen molar-refractivity contribution in [1.29, 1.82) is 0 Å². The minimum Gasteiger partial charge on any atom is -0.461 e. The summed E-state index contributed by atoms with van der Waals surface area (Å²) in [6.45, 7) is 0.338. The number of esters is 1. The smallest absolute Gasteiger partial charge is 0.406 e. The van der Waals surface area contributed by atoms with Crippen LogP contribution in [0.25, 0.3) is 0 Å². The number of nitrogens with two attached hydrogens (primary N) is 1. The van der Waals surface area contributed by atoms with E-state index >= 15 is 0 Å². The van der Waals surface area contributed by atoms with Crippen LogP contribution < -0.4 is 16.4 Å². The molecule has 0 aliphatic carbocycles. The van der Waals surface area contributed by atoms with Crippen molar-refractivity contribution in [2.45, 2.75) is 26.1 Å². The summed E-state index contributed by atoms with van der Waals surface area (Å²) in [6, 6.07) is 1.32. The molecule has 0 aromatic carbocycles. The van der Waals surface area contributed by atoms with Gasteiger partial charge in [0.15, 0.2) is 5.82 Å². The van der Waals surface area contributed by atoms with Crippen molar-refractivity contribution in [1.82, 2.24) is 14.1 Å². The Labute approximate surface area is 169 Å². The highest BCUT2D eigenvalue weighted by Gasteiger charge is 2.31. The summed E-state index contributed by atoms with van der Waals surface area (Å²) in [5.41, 5.74) is 5.55. The molecular weight excluding hydrogens is 409 g/mol. The summed E-state index contributed by atoms with van der Waals surface area (Å²) in [6.07, 6.45) is -2.39. The maximum Gasteiger partial charge on any atom is 0.406 e. The van der Waals surface area contributed by atoms with E-state index in [1.54, 1.807) is 6.92 Å². The van der Waals surface area contributed by atoms with E-state index in [0.29, 0.717) is 4.57 Å². The number of carbonyl (C=O) groups is 3. The van der Waals surface area contributed by atoms with Crippen LogP contribution in [-0.4, -0.2) is 51.2 Å². The number of amides is 2. The van der Waals surface area contributed by atoms with Gasteiger partial charge in [0.2, 0.25) is 11.7 Å². The Hall–Kier alpha value is -3.35. The third-order valence-electron chi connectivity index (χ3n) is 3.72. The fourth-order valence-electron chi connectivity index (χ4n) is 2.54. The molecule has 0 bridgehead atoms. The summed E-state index contributed by atoms with van der Waals surface area (Å²) in [5, 5.41) is 4.67. The second-order valence-corrected chi connectivity index (χ2v) is 6.18. The number of nitrogens with one attached hydrogen (secondary N) is 2. The zero-order chi connectivity index (χ0) is 22.5. The molecule has 0 fully saturated rings. The Balaban J connectivity index is 2.26. The lowest BCUT2D eigenvalue weighted by Gasteiger charge is -2.10. The molecule has 4 N–H and O–H groups in total. The van der Waals surface area contributed by atoms with E-state index in [9.17, 15) is 27.6 Å². The van der Waals surface area contributed by atoms with Gasteiger partial charge in [0.25, 0.3) is 5.91 Å². The average Bonchev–Trinajstić information content (AvgIpc) is 3.16. The van der Waals surface area contributed by atoms with Gasteiger partial charge in [-0.05, 0) is 13.0 Å². The van der Waals surface area contributed by atoms with Crippen LogP contribution >= 0.6 is 0 Å². The number of rotatable bonds is 8. The fourth-order valence-corrected chi connectivity index (χ4v) is 2.54. The van der Waals surface area contributed by atoms with Gasteiger partial charge in [-0.1, -0.05) is 0 Å². The van der Waals surface area contributed by atoms with Gasteiger partial charge < -0.3 is 30.2 Å². The molecule has 13 heteroatoms. The number of anilines is 2. The minimum absolute atomic E-state index is 0.0409. The van der Waals surface area contributed by atoms with Gasteiger partial charge >= 0.3 is 12.1 Å². The largest absolute Gasteiger partial charge is 0.461 e. The van der Waals surface area contributed by atoms with E-state index in [1.165, 1.54) is 23.9 Å². The molecule has 0 spiro atoms. The van der Waals surface area contributed by atoms with Gasteiger partial charge in [-0.3, -0.25) is 9.59 Å². The Bertz CT molecular complexity index is 935. The summed E-state index contributed by atoms with van der Waals surface area (Å²) >= 11 is 0. The van der Waals surface area contributed by atoms with E-state index in [-0.39, 0.29) is 36.8 Å². The number of hydrogen-bond donors (Lipinski definition) is 3. The number of ether oxygens (including phenoxy) is 1. The number of nitrogens with zero attached hydrogens (tertiary/aromatic N) is 3. The molecule has 0 radical (unpaired) electrons. The molecule has 0 saturated carbocycles. The highest BCUT2D eigenvalue weighted by molar-refractivity contribution is 6.03. The number of aryl methyl sites for hydroxylation is 1. The Morgan fingerprint density at radius 3 is 2.53 bits per heavy atom. The first-order chi connectivity index (χ1) is 14.0. The van der Waals surface area contributed by atoms with E-state index < -0.39 is 36.3 Å². The van der Waals surface area contributed by atoms with Crippen molar-refractivity contribution < 1.29 is 32.3 Å². The number of halogens is 3. The molecule has 0 unspecified atom stereocenters. The number of hydrogen-bond acceptors (Lipinski definition) is 6. The van der Waals surface area contributed by atoms with Crippen molar-refractivity contribution in [2.24, 2.45) is 12.8 Å². The van der Waals surface area contributed by atoms with E-state index in [1.807, 2.05) is 0 Å². The van der Waals surface area contributed by atoms with E-state index in [2.05, 4.69) is 15.6 Å². The molecule has 2 aromatic rings. The first-order valence-electron chi connectivity index (χ1n) is 8.82. The SMILES string of the molecule is CCOC(=O)c1cc(NC(=O)c2nc(NC(=O)CCN)cn2CC(F)(F)F)cn1C. The van der Waals surface area contributed by atoms with Crippen LogP contribution in [0.1, 0.15) is 34.5 Å². The van der Waals surface area contributed by atoms with E-state index in [0.717, 1.165) is 6.20 Å². The highest BCUT2D eigenvalue weighted by atomic mass is 19.4. The summed E-state index contributed by atoms with van der Waals surface area (Å²) in [4.78, 5) is 39.8. The molecule has 30 heavy (non-hydrogen) atoms. The van der Waals surface area contributed by atoms with Gasteiger partial charge in [0, 0.05) is 32.4 Å². The maximum atomic E-state index is 12.9. The van der Waals surface area contributed by atoms with Crippen LogP contribution in [0.15, 0.2) is 18.5 Å². The average molecular weight is 430 g/mol. The highest BCUT2D eigenvalue weighted by Crippen LogP contribution is 2.22. The number of imidazole rings is 1. The van der Waals surface area contributed by atoms with Crippen LogP contribution in [0.4, 0.5) is 24.7 Å². The number of carbonyl (C=O) groups excluding carboxylic acids is 3. The monoisotopic (exact) mass is 430 g/mol. The third-order valence-corrected chi connectivity index (χ3v) is 3.72. The molecule has 0 saturated heterocycles. The Morgan fingerprint density at radius 2 is 1.93 bits per heavy atom. The molecule has 2 aromatic heterocycles. The quantitative estimate of drug-likeness (QED) is 0.544. The van der Waals surface area contributed by atoms with Gasteiger partial charge in [0.05, 0.1) is 12.3 Å². The fraction of sp³-hybridized carbons (Fsp3) is 0.412. The molecule has 0 aliphatic heterocycles. The molecule has 2 rings (SSSR count). The lowest BCUT2D eigenvalue weighted by atomic mass is 10.4. The number of alkyl halides is 3. The second-order valence-electron chi connectivity index (χ2n) is 6.18. The van der Waals surface area contributed by atoms with Crippen molar-refractivity contribution in [3.05, 3.63) is 30.0 Å². The third kappa shape index (κ3) is 6.07. The van der Waals surface area contributed by atoms with Crippen molar-refractivity contribution in [3.8, 4) is 0 Å². The molecule has 0 atom stereocenters. The Morgan fingerprint density at radius 1 is 1.23 bits per heavy atom. The van der Waals surface area contributed by atoms with E-state index in [4.69, 9.17) is 10.5 Å². The lowest BCUT2D eigenvalue weighted by Crippen LogP contribution is -2.23. The lowest BCUT2D eigenvalue weighted by molar-refractivity contribution is -0.140. The van der Waals surface area contributed by atoms with Gasteiger partial charge in [-0.25, -0.2) is 9.78 Å². The molecule has 164 valence electrons. The molecule has 2 amide bonds. The Kier molecular flexibility index (Phi) is 7.21. The van der Waals surface area contributed by atoms with Crippen molar-refractivity contribution in [3.63, 3.8) is 0 Å². The topological polar surface area (TPSA) is 133 Å². The first kappa shape index (κ1) is 22.9. The van der Waals surface area contributed by atoms with Crippen LogP contribution in [0, 0.1) is 0 Å². The predicted molar refractivity (Wildman–Crippen MR) is 99.9 cm³/mol. The van der Waals surface area contributed by atoms with Gasteiger partial charge in [-0.2, -0.15) is 13.2 Å². The summed E-state index contributed by atoms with van der Waals surface area (Å²) in [5.74, 6) is -2.92. The normalized spacial score (nSPS) is 11.3. The summed E-state index contributed by atoms with van der Waals surface area (Å²) < 4.78 is 45.5. The summed E-state index contributed by atoms with van der Waals surface area (Å²) in [7, 11) is 1.54. The van der Waals surface area contributed by atoms with Crippen molar-refractivity contribution in [2.75, 3.05) is 23.8 Å².